The van der Waals surface area contributed by atoms with Gasteiger partial charge in [0.1, 0.15) is 5.82 Å². The van der Waals surface area contributed by atoms with Crippen LogP contribution in [-0.2, 0) is 6.42 Å². The van der Waals surface area contributed by atoms with Crippen molar-refractivity contribution in [1.82, 2.24) is 0 Å². The van der Waals surface area contributed by atoms with E-state index >= 15 is 0 Å². The molecule has 0 bridgehead atoms. The van der Waals surface area contributed by atoms with Gasteiger partial charge in [-0.1, -0.05) is 19.9 Å². The largest absolute Gasteiger partial charge is 0.478 e. The second-order valence-electron chi connectivity index (χ2n) is 4.04. The molecule has 3 heteroatoms. The predicted molar refractivity (Wildman–Crippen MR) is 56.5 cm³/mol. The van der Waals surface area contributed by atoms with Crippen molar-refractivity contribution in [2.24, 2.45) is 5.92 Å². The first-order valence-electron chi connectivity index (χ1n) is 5.02. The third kappa shape index (κ3) is 3.35. The molecule has 1 aromatic carbocycles. The van der Waals surface area contributed by atoms with E-state index in [4.69, 9.17) is 5.11 Å². The number of benzene rings is 1. The van der Waals surface area contributed by atoms with Crippen molar-refractivity contribution in [3.63, 3.8) is 0 Å². The number of halogens is 1. The number of aromatic carboxylic acids is 1. The van der Waals surface area contributed by atoms with Crippen molar-refractivity contribution in [3.8, 4) is 0 Å². The summed E-state index contributed by atoms with van der Waals surface area (Å²) in [5, 5.41) is 8.65. The molecular formula is C12H15FO2. The minimum absolute atomic E-state index is 0.000738. The smallest absolute Gasteiger partial charge is 0.335 e. The summed E-state index contributed by atoms with van der Waals surface area (Å²) in [5.74, 6) is -0.997. The van der Waals surface area contributed by atoms with Crippen molar-refractivity contribution in [3.05, 3.63) is 35.1 Å². The first-order chi connectivity index (χ1) is 7.00. The molecule has 2 nitrogen and oxygen atoms in total. The zero-order valence-electron chi connectivity index (χ0n) is 8.96. The van der Waals surface area contributed by atoms with E-state index in [0.29, 0.717) is 17.9 Å². The zero-order valence-corrected chi connectivity index (χ0v) is 8.96. The number of aryl methyl sites for hydroxylation is 1. The van der Waals surface area contributed by atoms with Gasteiger partial charge >= 0.3 is 5.97 Å². The molecule has 0 fully saturated rings. The zero-order chi connectivity index (χ0) is 11.4. The normalized spacial score (nSPS) is 10.7. The summed E-state index contributed by atoms with van der Waals surface area (Å²) >= 11 is 0. The molecule has 0 spiro atoms. The summed E-state index contributed by atoms with van der Waals surface area (Å²) in [4.78, 5) is 10.6. The molecule has 0 atom stereocenters. The van der Waals surface area contributed by atoms with E-state index in [2.05, 4.69) is 13.8 Å². The summed E-state index contributed by atoms with van der Waals surface area (Å²) in [5.41, 5.74) is 0.592. The maximum absolute atomic E-state index is 13.4. The van der Waals surface area contributed by atoms with Gasteiger partial charge in [-0.25, -0.2) is 9.18 Å². The van der Waals surface area contributed by atoms with Crippen LogP contribution in [0.25, 0.3) is 0 Å². The molecule has 0 aliphatic rings. The van der Waals surface area contributed by atoms with Gasteiger partial charge in [0.25, 0.3) is 0 Å². The van der Waals surface area contributed by atoms with E-state index < -0.39 is 11.8 Å². The maximum Gasteiger partial charge on any atom is 0.335 e. The van der Waals surface area contributed by atoms with Crippen LogP contribution in [0.5, 0.6) is 0 Å². The predicted octanol–water partition coefficient (Wildman–Crippen LogP) is 3.11. The second kappa shape index (κ2) is 4.91. The number of hydrogen-bond donors (Lipinski definition) is 1. The van der Waals surface area contributed by atoms with Gasteiger partial charge < -0.3 is 5.11 Å². The highest BCUT2D eigenvalue weighted by Crippen LogP contribution is 2.14. The Morgan fingerprint density at radius 3 is 2.60 bits per heavy atom. The number of carboxylic acids is 1. The van der Waals surface area contributed by atoms with Crippen molar-refractivity contribution in [1.29, 1.82) is 0 Å². The molecular weight excluding hydrogens is 195 g/mol. The topological polar surface area (TPSA) is 37.3 Å². The van der Waals surface area contributed by atoms with Crippen molar-refractivity contribution < 1.29 is 14.3 Å². The van der Waals surface area contributed by atoms with E-state index in [1.807, 2.05) is 0 Å². The summed E-state index contributed by atoms with van der Waals surface area (Å²) in [6.45, 7) is 4.15. The molecule has 0 saturated carbocycles. The molecule has 0 radical (unpaired) electrons. The van der Waals surface area contributed by atoms with Crippen LogP contribution in [0.1, 0.15) is 36.2 Å². The number of rotatable bonds is 4. The van der Waals surface area contributed by atoms with Crippen LogP contribution in [0, 0.1) is 11.7 Å². The summed E-state index contributed by atoms with van der Waals surface area (Å²) in [6, 6.07) is 4.08. The molecule has 0 aromatic heterocycles. The second-order valence-corrected chi connectivity index (χ2v) is 4.04. The molecule has 0 aliphatic carbocycles. The van der Waals surface area contributed by atoms with Crippen LogP contribution in [0.3, 0.4) is 0 Å². The van der Waals surface area contributed by atoms with Crippen molar-refractivity contribution >= 4 is 5.97 Å². The van der Waals surface area contributed by atoms with Crippen LogP contribution in [0.4, 0.5) is 4.39 Å². The Morgan fingerprint density at radius 1 is 1.47 bits per heavy atom. The summed E-state index contributed by atoms with van der Waals surface area (Å²) in [6.07, 6.45) is 1.56. The molecule has 1 rings (SSSR count). The highest BCUT2D eigenvalue weighted by molar-refractivity contribution is 5.87. The standard InChI is InChI=1S/C12H15FO2/c1-8(2)3-4-9-5-6-10(12(14)15)7-11(9)13/h5-8H,3-4H2,1-2H3,(H,14,15). The Labute approximate surface area is 88.7 Å². The fourth-order valence-electron chi connectivity index (χ4n) is 1.33. The minimum atomic E-state index is -1.09. The van der Waals surface area contributed by atoms with Gasteiger partial charge in [0.05, 0.1) is 5.56 Å². The van der Waals surface area contributed by atoms with Crippen LogP contribution in [-0.4, -0.2) is 11.1 Å². The van der Waals surface area contributed by atoms with Gasteiger partial charge in [0, 0.05) is 0 Å². The Morgan fingerprint density at radius 2 is 2.13 bits per heavy atom. The highest BCUT2D eigenvalue weighted by Gasteiger charge is 2.08. The van der Waals surface area contributed by atoms with Crippen LogP contribution in [0.15, 0.2) is 18.2 Å². The van der Waals surface area contributed by atoms with Gasteiger partial charge in [-0.15, -0.1) is 0 Å². The molecule has 82 valence electrons. The lowest BCUT2D eigenvalue weighted by molar-refractivity contribution is 0.0696. The lowest BCUT2D eigenvalue weighted by atomic mass is 10.0. The molecule has 0 amide bonds. The molecule has 0 aliphatic heterocycles. The summed E-state index contributed by atoms with van der Waals surface area (Å²) in [7, 11) is 0. The fourth-order valence-corrected chi connectivity index (χ4v) is 1.33. The van der Waals surface area contributed by atoms with Gasteiger partial charge in [0.15, 0.2) is 0 Å². The maximum atomic E-state index is 13.4. The molecule has 0 unspecified atom stereocenters. The number of carboxylic acid groups (broad SMARTS) is 1. The Hall–Kier alpha value is -1.38. The Kier molecular flexibility index (Phi) is 3.83. The SMILES string of the molecule is CC(C)CCc1ccc(C(=O)O)cc1F. The summed E-state index contributed by atoms with van der Waals surface area (Å²) < 4.78 is 13.4. The van der Waals surface area contributed by atoms with Crippen LogP contribution in [0.2, 0.25) is 0 Å². The monoisotopic (exact) mass is 210 g/mol. The highest BCUT2D eigenvalue weighted by atomic mass is 19.1. The fraction of sp³-hybridized carbons (Fsp3) is 0.417. The number of carbonyl (C=O) groups is 1. The molecule has 15 heavy (non-hydrogen) atoms. The van der Waals surface area contributed by atoms with Crippen LogP contribution < -0.4 is 0 Å². The van der Waals surface area contributed by atoms with Gasteiger partial charge in [-0.05, 0) is 36.5 Å². The quantitative estimate of drug-likeness (QED) is 0.829. The molecule has 0 saturated heterocycles. The van der Waals surface area contributed by atoms with Crippen molar-refractivity contribution in [2.75, 3.05) is 0 Å². The molecule has 0 heterocycles. The van der Waals surface area contributed by atoms with E-state index in [1.54, 1.807) is 6.07 Å². The van der Waals surface area contributed by atoms with E-state index in [1.165, 1.54) is 6.07 Å². The average Bonchev–Trinajstić information content (AvgIpc) is 2.15. The Bertz CT molecular complexity index is 359. The first kappa shape index (κ1) is 11.7. The van der Waals surface area contributed by atoms with Gasteiger partial charge in [0.2, 0.25) is 0 Å². The lowest BCUT2D eigenvalue weighted by Crippen LogP contribution is -2.00. The van der Waals surface area contributed by atoms with E-state index in [-0.39, 0.29) is 5.56 Å². The van der Waals surface area contributed by atoms with Crippen LogP contribution >= 0.6 is 0 Å². The van der Waals surface area contributed by atoms with Gasteiger partial charge in [-0.3, -0.25) is 0 Å². The average molecular weight is 210 g/mol. The van der Waals surface area contributed by atoms with Gasteiger partial charge in [-0.2, -0.15) is 0 Å². The van der Waals surface area contributed by atoms with E-state index in [9.17, 15) is 9.18 Å². The first-order valence-corrected chi connectivity index (χ1v) is 5.02. The lowest BCUT2D eigenvalue weighted by Gasteiger charge is -2.06. The Balaban J connectivity index is 2.79. The minimum Gasteiger partial charge on any atom is -0.478 e. The number of hydrogen-bond acceptors (Lipinski definition) is 1. The third-order valence-corrected chi connectivity index (χ3v) is 2.29. The third-order valence-electron chi connectivity index (χ3n) is 2.29. The molecule has 1 N–H and O–H groups in total. The van der Waals surface area contributed by atoms with Crippen molar-refractivity contribution in [2.45, 2.75) is 26.7 Å². The molecule has 1 aromatic rings. The van der Waals surface area contributed by atoms with E-state index in [0.717, 1.165) is 12.5 Å².